The Morgan fingerprint density at radius 3 is 1.67 bits per heavy atom. The highest BCUT2D eigenvalue weighted by molar-refractivity contribution is 4.92. The molecule has 0 atom stereocenters. The van der Waals surface area contributed by atoms with Crippen molar-refractivity contribution in [2.75, 3.05) is 20.1 Å². The van der Waals surface area contributed by atoms with Crippen molar-refractivity contribution in [1.82, 2.24) is 4.90 Å². The standard InChI is InChI=1S/C14H29N/c1-4-6-8-10-14(11-9-7-5-2)12-15(3)13-14/h4-13H2,1-3H3. The SMILES string of the molecule is CCCCCC1(CCCCC)CN(C)C1. The molecule has 15 heavy (non-hydrogen) atoms. The summed E-state index contributed by atoms with van der Waals surface area (Å²) in [5.41, 5.74) is 0.721. The van der Waals surface area contributed by atoms with Gasteiger partial charge in [0.25, 0.3) is 0 Å². The van der Waals surface area contributed by atoms with Crippen LogP contribution in [0.3, 0.4) is 0 Å². The Morgan fingerprint density at radius 2 is 1.33 bits per heavy atom. The lowest BCUT2D eigenvalue weighted by Gasteiger charge is -2.49. The summed E-state index contributed by atoms with van der Waals surface area (Å²) in [5.74, 6) is 0. The van der Waals surface area contributed by atoms with E-state index in [-0.39, 0.29) is 0 Å². The first-order valence-electron chi connectivity index (χ1n) is 6.91. The Kier molecular flexibility index (Phi) is 5.66. The highest BCUT2D eigenvalue weighted by Gasteiger charge is 2.39. The average Bonchev–Trinajstić information content (AvgIpc) is 2.16. The van der Waals surface area contributed by atoms with Crippen LogP contribution < -0.4 is 0 Å². The van der Waals surface area contributed by atoms with Gasteiger partial charge < -0.3 is 4.90 Å². The molecule has 1 nitrogen and oxygen atoms in total. The van der Waals surface area contributed by atoms with Crippen LogP contribution in [0.15, 0.2) is 0 Å². The molecule has 1 heterocycles. The molecule has 0 N–H and O–H groups in total. The highest BCUT2D eigenvalue weighted by Crippen LogP contribution is 2.39. The predicted octanol–water partition coefficient (Wildman–Crippen LogP) is 4.08. The van der Waals surface area contributed by atoms with Gasteiger partial charge in [-0.2, -0.15) is 0 Å². The fourth-order valence-corrected chi connectivity index (χ4v) is 3.04. The van der Waals surface area contributed by atoms with Gasteiger partial charge in [-0.3, -0.25) is 0 Å². The fourth-order valence-electron chi connectivity index (χ4n) is 3.04. The number of rotatable bonds is 8. The summed E-state index contributed by atoms with van der Waals surface area (Å²) in [7, 11) is 2.26. The minimum absolute atomic E-state index is 0.721. The van der Waals surface area contributed by atoms with E-state index in [0.29, 0.717) is 0 Å². The Balaban J connectivity index is 2.21. The van der Waals surface area contributed by atoms with Crippen LogP contribution in [0.2, 0.25) is 0 Å². The third-order valence-electron chi connectivity index (χ3n) is 3.83. The lowest BCUT2D eigenvalue weighted by molar-refractivity contribution is 0.00275. The minimum atomic E-state index is 0.721. The molecule has 0 spiro atoms. The Hall–Kier alpha value is -0.0400. The Morgan fingerprint density at radius 1 is 0.867 bits per heavy atom. The fraction of sp³-hybridized carbons (Fsp3) is 1.00. The van der Waals surface area contributed by atoms with Crippen molar-refractivity contribution < 1.29 is 0 Å². The number of hydrogen-bond acceptors (Lipinski definition) is 1. The average molecular weight is 211 g/mol. The van der Waals surface area contributed by atoms with Crippen LogP contribution in [-0.2, 0) is 0 Å². The second-order valence-electron chi connectivity index (χ2n) is 5.59. The van der Waals surface area contributed by atoms with E-state index in [1.807, 2.05) is 0 Å². The van der Waals surface area contributed by atoms with Gasteiger partial charge in [-0.05, 0) is 25.3 Å². The summed E-state index contributed by atoms with van der Waals surface area (Å²) < 4.78 is 0. The minimum Gasteiger partial charge on any atom is -0.305 e. The Labute approximate surface area is 96.2 Å². The van der Waals surface area contributed by atoms with E-state index in [0.717, 1.165) is 5.41 Å². The first-order chi connectivity index (χ1) is 7.22. The normalized spacial score (nSPS) is 20.2. The molecule has 1 rings (SSSR count). The number of hydrogen-bond donors (Lipinski definition) is 0. The quantitative estimate of drug-likeness (QED) is 0.547. The van der Waals surface area contributed by atoms with Gasteiger partial charge in [-0.25, -0.2) is 0 Å². The molecule has 90 valence electrons. The zero-order valence-corrected chi connectivity index (χ0v) is 11.0. The largest absolute Gasteiger partial charge is 0.305 e. The summed E-state index contributed by atoms with van der Waals surface area (Å²) in [4.78, 5) is 2.48. The van der Waals surface area contributed by atoms with E-state index in [1.54, 1.807) is 0 Å². The summed E-state index contributed by atoms with van der Waals surface area (Å²) >= 11 is 0. The second kappa shape index (κ2) is 6.52. The number of unbranched alkanes of at least 4 members (excludes halogenated alkanes) is 4. The summed E-state index contributed by atoms with van der Waals surface area (Å²) in [5, 5.41) is 0. The smallest absolute Gasteiger partial charge is 0.00474 e. The van der Waals surface area contributed by atoms with Crippen LogP contribution in [0.4, 0.5) is 0 Å². The predicted molar refractivity (Wildman–Crippen MR) is 68.2 cm³/mol. The molecule has 1 aliphatic rings. The molecule has 0 aromatic heterocycles. The number of nitrogens with zero attached hydrogens (tertiary/aromatic N) is 1. The van der Waals surface area contributed by atoms with Crippen molar-refractivity contribution in [3.63, 3.8) is 0 Å². The molecular weight excluding hydrogens is 182 g/mol. The third-order valence-corrected chi connectivity index (χ3v) is 3.83. The van der Waals surface area contributed by atoms with E-state index in [4.69, 9.17) is 0 Å². The van der Waals surface area contributed by atoms with Gasteiger partial charge >= 0.3 is 0 Å². The van der Waals surface area contributed by atoms with Gasteiger partial charge in [0.15, 0.2) is 0 Å². The molecule has 0 aromatic rings. The van der Waals surface area contributed by atoms with Crippen molar-refractivity contribution in [2.24, 2.45) is 5.41 Å². The zero-order valence-electron chi connectivity index (χ0n) is 11.0. The lowest BCUT2D eigenvalue weighted by atomic mass is 9.72. The molecule has 0 bridgehead atoms. The molecule has 1 heteroatoms. The molecular formula is C14H29N. The van der Waals surface area contributed by atoms with Crippen molar-refractivity contribution in [3.8, 4) is 0 Å². The third kappa shape index (κ3) is 4.14. The van der Waals surface area contributed by atoms with Crippen LogP contribution in [0.25, 0.3) is 0 Å². The molecule has 0 amide bonds. The molecule has 1 fully saturated rings. The van der Waals surface area contributed by atoms with Gasteiger partial charge in [0, 0.05) is 13.1 Å². The van der Waals surface area contributed by atoms with Crippen molar-refractivity contribution in [1.29, 1.82) is 0 Å². The van der Waals surface area contributed by atoms with Crippen molar-refractivity contribution in [3.05, 3.63) is 0 Å². The first kappa shape index (κ1) is 13.0. The zero-order chi connectivity index (χ0) is 11.1. The van der Waals surface area contributed by atoms with Gasteiger partial charge in [-0.15, -0.1) is 0 Å². The van der Waals surface area contributed by atoms with E-state index in [1.165, 1.54) is 64.5 Å². The van der Waals surface area contributed by atoms with Crippen LogP contribution in [0.5, 0.6) is 0 Å². The summed E-state index contributed by atoms with van der Waals surface area (Å²) in [6.45, 7) is 7.33. The molecule has 0 unspecified atom stereocenters. The number of likely N-dealkylation sites (tertiary alicyclic amines) is 1. The molecule has 0 radical (unpaired) electrons. The van der Waals surface area contributed by atoms with Crippen molar-refractivity contribution in [2.45, 2.75) is 65.2 Å². The first-order valence-corrected chi connectivity index (χ1v) is 6.91. The summed E-state index contributed by atoms with van der Waals surface area (Å²) in [6, 6.07) is 0. The molecule has 0 aromatic carbocycles. The van der Waals surface area contributed by atoms with Gasteiger partial charge in [0.2, 0.25) is 0 Å². The maximum absolute atomic E-state index is 2.48. The Bertz CT molecular complexity index is 147. The van der Waals surface area contributed by atoms with Crippen LogP contribution in [0, 0.1) is 5.41 Å². The van der Waals surface area contributed by atoms with Crippen LogP contribution in [-0.4, -0.2) is 25.0 Å². The van der Waals surface area contributed by atoms with Crippen LogP contribution in [0.1, 0.15) is 65.2 Å². The van der Waals surface area contributed by atoms with Crippen LogP contribution >= 0.6 is 0 Å². The maximum Gasteiger partial charge on any atom is 0.00474 e. The van der Waals surface area contributed by atoms with E-state index in [9.17, 15) is 0 Å². The molecule has 0 aliphatic carbocycles. The van der Waals surface area contributed by atoms with Gasteiger partial charge in [0.05, 0.1) is 0 Å². The highest BCUT2D eigenvalue weighted by atomic mass is 15.2. The topological polar surface area (TPSA) is 3.24 Å². The van der Waals surface area contributed by atoms with E-state index >= 15 is 0 Å². The van der Waals surface area contributed by atoms with E-state index < -0.39 is 0 Å². The molecule has 1 aliphatic heterocycles. The van der Waals surface area contributed by atoms with Gasteiger partial charge in [-0.1, -0.05) is 52.4 Å². The molecule has 0 saturated carbocycles. The lowest BCUT2D eigenvalue weighted by Crippen LogP contribution is -2.54. The second-order valence-corrected chi connectivity index (χ2v) is 5.59. The summed E-state index contributed by atoms with van der Waals surface area (Å²) in [6.07, 6.45) is 11.5. The van der Waals surface area contributed by atoms with Crippen molar-refractivity contribution >= 4 is 0 Å². The molecule has 1 saturated heterocycles. The van der Waals surface area contributed by atoms with E-state index in [2.05, 4.69) is 25.8 Å². The maximum atomic E-state index is 2.48. The monoisotopic (exact) mass is 211 g/mol. The van der Waals surface area contributed by atoms with Gasteiger partial charge in [0.1, 0.15) is 0 Å².